The third kappa shape index (κ3) is 1.48. The van der Waals surface area contributed by atoms with E-state index in [2.05, 4.69) is 23.2 Å². The van der Waals surface area contributed by atoms with E-state index in [-0.39, 0.29) is 17.4 Å². The lowest BCUT2D eigenvalue weighted by atomic mass is 10.2. The van der Waals surface area contributed by atoms with Crippen molar-refractivity contribution in [3.8, 4) is 0 Å². The van der Waals surface area contributed by atoms with Crippen LogP contribution in [0.2, 0.25) is 0 Å². The zero-order valence-electron chi connectivity index (χ0n) is 5.81. The van der Waals surface area contributed by atoms with Gasteiger partial charge in [-0.15, -0.1) is 0 Å². The van der Waals surface area contributed by atoms with E-state index in [9.17, 15) is 0 Å². The summed E-state index contributed by atoms with van der Waals surface area (Å²) < 4.78 is 0. The summed E-state index contributed by atoms with van der Waals surface area (Å²) in [7, 11) is 0. The fourth-order valence-corrected chi connectivity index (χ4v) is 1.14. The van der Waals surface area contributed by atoms with Crippen LogP contribution in [0.4, 0.5) is 0 Å². The van der Waals surface area contributed by atoms with E-state index >= 15 is 0 Å². The lowest BCUT2D eigenvalue weighted by Gasteiger charge is -1.83. The summed E-state index contributed by atoms with van der Waals surface area (Å²) >= 11 is 0. The minimum absolute atomic E-state index is 0. The first-order valence-corrected chi connectivity index (χ1v) is 3.33. The number of rotatable bonds is 0. The van der Waals surface area contributed by atoms with Gasteiger partial charge in [0.05, 0.1) is 0 Å². The normalized spacial score (nSPS) is 9.55. The van der Waals surface area contributed by atoms with Crippen molar-refractivity contribution in [2.24, 2.45) is 0 Å². The number of hydrogen-bond acceptors (Lipinski definition) is 0. The molecule has 0 saturated carbocycles. The molecule has 0 saturated heterocycles. The molecule has 0 unspecified atom stereocenters. The predicted molar refractivity (Wildman–Crippen MR) is 51.8 cm³/mol. The number of fused-ring (bicyclic) bond motifs is 1. The molecule has 0 fully saturated rings. The van der Waals surface area contributed by atoms with Crippen molar-refractivity contribution in [3.63, 3.8) is 0 Å². The van der Waals surface area contributed by atoms with Crippen molar-refractivity contribution < 1.29 is 0 Å². The van der Waals surface area contributed by atoms with Crippen LogP contribution in [0.3, 0.4) is 0 Å². The van der Waals surface area contributed by atoms with Crippen LogP contribution >= 0.6 is 0 Å². The molecule has 55 valence electrons. The molecule has 1 heterocycles. The maximum Gasteiger partial charge on any atom is 0.187 e. The van der Waals surface area contributed by atoms with Gasteiger partial charge < -0.3 is 4.98 Å². The van der Waals surface area contributed by atoms with Crippen molar-refractivity contribution in [2.45, 2.75) is 6.92 Å². The number of aryl methyl sites for hydroxylation is 1. The van der Waals surface area contributed by atoms with Crippen molar-refractivity contribution >= 4 is 28.3 Å². The Kier molecular flexibility index (Phi) is 2.39. The lowest BCUT2D eigenvalue weighted by molar-refractivity contribution is 1.30. The summed E-state index contributed by atoms with van der Waals surface area (Å²) in [5, 5.41) is 1.17. The Labute approximate surface area is 76.6 Å². The monoisotopic (exact) mass is 160 g/mol. The molecular formula is C9H11AlN. The smallest absolute Gasteiger partial charge is 0.187 e. The molecule has 1 aromatic heterocycles. The number of H-pyrrole nitrogens is 1. The molecule has 0 aliphatic rings. The largest absolute Gasteiger partial charge is 0.358 e. The highest BCUT2D eigenvalue weighted by molar-refractivity contribution is 5.79. The van der Waals surface area contributed by atoms with E-state index in [1.54, 1.807) is 0 Å². The lowest BCUT2D eigenvalue weighted by Crippen LogP contribution is -1.65. The third-order valence-electron chi connectivity index (χ3n) is 1.57. The molecule has 1 aromatic carbocycles. The molecule has 11 heavy (non-hydrogen) atoms. The minimum Gasteiger partial charge on any atom is -0.358 e. The van der Waals surface area contributed by atoms with Crippen LogP contribution in [0.15, 0.2) is 24.3 Å². The molecule has 2 rings (SSSR count). The fourth-order valence-electron chi connectivity index (χ4n) is 1.14. The van der Waals surface area contributed by atoms with Gasteiger partial charge in [-0.2, -0.15) is 0 Å². The number of aromatic nitrogens is 1. The molecule has 0 bridgehead atoms. The standard InChI is InChI=1S/C9H8N.Al.3H/c1-7-6-8-4-2-3-5-9(8)10-7;;;;/h2-5,10H,1H3;;;;. The second kappa shape index (κ2) is 3.13. The number of para-hydroxylation sites is 1. The van der Waals surface area contributed by atoms with Gasteiger partial charge in [-0.1, -0.05) is 18.2 Å². The van der Waals surface area contributed by atoms with E-state index in [1.165, 1.54) is 10.9 Å². The molecular weight excluding hydrogens is 149 g/mol. The second-order valence-corrected chi connectivity index (χ2v) is 2.42. The van der Waals surface area contributed by atoms with Gasteiger partial charge in [-0.3, -0.25) is 0 Å². The highest BCUT2D eigenvalue weighted by atomic mass is 27.0. The number of benzene rings is 1. The van der Waals surface area contributed by atoms with Gasteiger partial charge in [0.25, 0.3) is 0 Å². The Morgan fingerprint density at radius 3 is 2.73 bits per heavy atom. The van der Waals surface area contributed by atoms with Crippen LogP contribution in [-0.4, -0.2) is 22.3 Å². The van der Waals surface area contributed by atoms with Gasteiger partial charge >= 0.3 is 0 Å². The van der Waals surface area contributed by atoms with E-state index in [4.69, 9.17) is 0 Å². The highest BCUT2D eigenvalue weighted by Crippen LogP contribution is 2.12. The van der Waals surface area contributed by atoms with Crippen molar-refractivity contribution in [3.05, 3.63) is 36.0 Å². The Bertz CT molecular complexity index is 318. The van der Waals surface area contributed by atoms with Crippen molar-refractivity contribution in [1.82, 2.24) is 4.98 Å². The summed E-state index contributed by atoms with van der Waals surface area (Å²) in [6.45, 7) is 2.01. The second-order valence-electron chi connectivity index (χ2n) is 2.42. The van der Waals surface area contributed by atoms with Crippen LogP contribution < -0.4 is 0 Å². The molecule has 1 nitrogen and oxygen atoms in total. The topological polar surface area (TPSA) is 15.8 Å². The Hall–Kier alpha value is -0.708. The molecule has 1 radical (unpaired) electrons. The summed E-state index contributed by atoms with van der Waals surface area (Å²) in [5.41, 5.74) is 2.27. The van der Waals surface area contributed by atoms with E-state index in [0.29, 0.717) is 0 Å². The molecule has 1 N–H and O–H groups in total. The van der Waals surface area contributed by atoms with Crippen LogP contribution in [-0.2, 0) is 0 Å². The minimum atomic E-state index is 0. The van der Waals surface area contributed by atoms with Crippen molar-refractivity contribution in [1.29, 1.82) is 0 Å². The van der Waals surface area contributed by atoms with Gasteiger partial charge in [0.2, 0.25) is 0 Å². The SMILES string of the molecule is Cc1[c]c2ccccc2[nH]1.[AlH3]. The zero-order chi connectivity index (χ0) is 6.97. The quantitative estimate of drug-likeness (QED) is 0.555. The van der Waals surface area contributed by atoms with Gasteiger partial charge in [0.1, 0.15) is 0 Å². The van der Waals surface area contributed by atoms with Crippen molar-refractivity contribution in [2.75, 3.05) is 0 Å². The maximum atomic E-state index is 3.20. The first kappa shape index (κ1) is 8.39. The van der Waals surface area contributed by atoms with E-state index in [1.807, 2.05) is 19.1 Å². The molecule has 2 aromatic rings. The maximum absolute atomic E-state index is 3.20. The van der Waals surface area contributed by atoms with E-state index < -0.39 is 0 Å². The number of aromatic amines is 1. The van der Waals surface area contributed by atoms with Crippen LogP contribution in [0.5, 0.6) is 0 Å². The molecule has 0 atom stereocenters. The molecule has 0 aliphatic carbocycles. The molecule has 2 heteroatoms. The molecule has 0 amide bonds. The van der Waals surface area contributed by atoms with Crippen LogP contribution in [0, 0.1) is 13.0 Å². The van der Waals surface area contributed by atoms with Gasteiger partial charge in [0, 0.05) is 22.7 Å². The summed E-state index contributed by atoms with van der Waals surface area (Å²) in [6, 6.07) is 11.4. The van der Waals surface area contributed by atoms with Crippen LogP contribution in [0.25, 0.3) is 10.9 Å². The number of nitrogens with one attached hydrogen (secondary N) is 1. The predicted octanol–water partition coefficient (Wildman–Crippen LogP) is 1.09. The summed E-state index contributed by atoms with van der Waals surface area (Å²) in [4.78, 5) is 3.20. The van der Waals surface area contributed by atoms with E-state index in [0.717, 1.165) is 5.69 Å². The fraction of sp³-hybridized carbons (Fsp3) is 0.111. The van der Waals surface area contributed by atoms with Crippen LogP contribution in [0.1, 0.15) is 5.69 Å². The van der Waals surface area contributed by atoms with Gasteiger partial charge in [0.15, 0.2) is 17.4 Å². The summed E-state index contributed by atoms with van der Waals surface area (Å²) in [5.74, 6) is 0. The highest BCUT2D eigenvalue weighted by Gasteiger charge is 1.93. The third-order valence-corrected chi connectivity index (χ3v) is 1.57. The average molecular weight is 160 g/mol. The average Bonchev–Trinajstić information content (AvgIpc) is 2.27. The first-order valence-electron chi connectivity index (χ1n) is 3.33. The first-order chi connectivity index (χ1) is 4.86. The van der Waals surface area contributed by atoms with Gasteiger partial charge in [-0.25, -0.2) is 0 Å². The molecule has 0 spiro atoms. The number of hydrogen-bond donors (Lipinski definition) is 1. The van der Waals surface area contributed by atoms with Gasteiger partial charge in [-0.05, 0) is 13.0 Å². The summed E-state index contributed by atoms with van der Waals surface area (Å²) in [6.07, 6.45) is 0. The Balaban J connectivity index is 0.000000605. The Morgan fingerprint density at radius 1 is 1.27 bits per heavy atom. The Morgan fingerprint density at radius 2 is 2.00 bits per heavy atom. The molecule has 0 aliphatic heterocycles. The zero-order valence-corrected chi connectivity index (χ0v) is 5.81.